The number of benzene rings is 2. The molecule has 0 bridgehead atoms. The molecule has 1 aromatic heterocycles. The maximum absolute atomic E-state index is 10.2. The Morgan fingerprint density at radius 2 is 1.64 bits per heavy atom. The summed E-state index contributed by atoms with van der Waals surface area (Å²) in [6.07, 6.45) is 0. The third-order valence-corrected chi connectivity index (χ3v) is 4.53. The second-order valence-corrected chi connectivity index (χ2v) is 6.75. The molecule has 2 aromatic carbocycles. The summed E-state index contributed by atoms with van der Waals surface area (Å²) in [6.45, 7) is 7.28. The topological polar surface area (TPSA) is 45.2 Å². The third-order valence-electron chi connectivity index (χ3n) is 4.53. The average molecular weight is 294 g/mol. The smallest absolute Gasteiger partial charge is 0.333 e. The van der Waals surface area contributed by atoms with Gasteiger partial charge in [0.25, 0.3) is 0 Å². The SMILES string of the molecule is CC(C)(O)C(C)(C)O[B]c1cccc2c1[nH]c1ccccc12. The largest absolute Gasteiger partial charge is 0.427 e. The van der Waals surface area contributed by atoms with Gasteiger partial charge in [0.15, 0.2) is 0 Å². The molecule has 0 fully saturated rings. The van der Waals surface area contributed by atoms with Crippen molar-refractivity contribution in [2.75, 3.05) is 0 Å². The zero-order chi connectivity index (χ0) is 16.0. The first kappa shape index (κ1) is 15.1. The summed E-state index contributed by atoms with van der Waals surface area (Å²) < 4.78 is 5.89. The number of aromatic amines is 1. The zero-order valence-electron chi connectivity index (χ0n) is 13.5. The van der Waals surface area contributed by atoms with E-state index in [2.05, 4.69) is 23.2 Å². The van der Waals surface area contributed by atoms with Crippen LogP contribution in [-0.2, 0) is 4.65 Å². The van der Waals surface area contributed by atoms with Crippen LogP contribution in [0.25, 0.3) is 21.8 Å². The van der Waals surface area contributed by atoms with E-state index in [1.807, 2.05) is 38.1 Å². The molecule has 3 aromatic rings. The quantitative estimate of drug-likeness (QED) is 0.726. The van der Waals surface area contributed by atoms with Gasteiger partial charge in [-0.1, -0.05) is 36.4 Å². The number of hydrogen-bond acceptors (Lipinski definition) is 2. The predicted molar refractivity (Wildman–Crippen MR) is 92.7 cm³/mol. The van der Waals surface area contributed by atoms with E-state index in [0.29, 0.717) is 0 Å². The molecule has 0 spiro atoms. The van der Waals surface area contributed by atoms with E-state index in [9.17, 15) is 5.11 Å². The molecule has 0 aliphatic carbocycles. The van der Waals surface area contributed by atoms with Crippen molar-refractivity contribution in [1.82, 2.24) is 4.98 Å². The van der Waals surface area contributed by atoms with Crippen molar-refractivity contribution < 1.29 is 9.76 Å². The van der Waals surface area contributed by atoms with Crippen LogP contribution in [0.1, 0.15) is 27.7 Å². The van der Waals surface area contributed by atoms with Gasteiger partial charge in [-0.25, -0.2) is 0 Å². The molecular formula is C18H21BNO2. The molecule has 0 aliphatic heterocycles. The van der Waals surface area contributed by atoms with Crippen LogP contribution >= 0.6 is 0 Å². The van der Waals surface area contributed by atoms with E-state index in [0.717, 1.165) is 16.5 Å². The van der Waals surface area contributed by atoms with E-state index in [1.54, 1.807) is 21.3 Å². The Balaban J connectivity index is 1.98. The highest BCUT2D eigenvalue weighted by Gasteiger charge is 2.35. The number of hydrogen-bond donors (Lipinski definition) is 2. The normalized spacial score (nSPS) is 13.0. The second kappa shape index (κ2) is 5.15. The van der Waals surface area contributed by atoms with Gasteiger partial charge in [0, 0.05) is 21.8 Å². The van der Waals surface area contributed by atoms with E-state index in [4.69, 9.17) is 4.65 Å². The van der Waals surface area contributed by atoms with Crippen LogP contribution in [0.3, 0.4) is 0 Å². The molecular weight excluding hydrogens is 273 g/mol. The number of nitrogens with one attached hydrogen (secondary N) is 1. The highest BCUT2D eigenvalue weighted by atomic mass is 16.5. The van der Waals surface area contributed by atoms with Crippen molar-refractivity contribution >= 4 is 34.8 Å². The summed E-state index contributed by atoms with van der Waals surface area (Å²) in [6, 6.07) is 14.4. The lowest BCUT2D eigenvalue weighted by Crippen LogP contribution is -2.49. The molecule has 3 nitrogen and oxygen atoms in total. The zero-order valence-corrected chi connectivity index (χ0v) is 13.5. The van der Waals surface area contributed by atoms with Gasteiger partial charge in [-0.05, 0) is 39.2 Å². The van der Waals surface area contributed by atoms with Crippen molar-refractivity contribution in [3.63, 3.8) is 0 Å². The Labute approximate surface area is 131 Å². The first-order valence-corrected chi connectivity index (χ1v) is 7.52. The van der Waals surface area contributed by atoms with E-state index < -0.39 is 11.2 Å². The lowest BCUT2D eigenvalue weighted by Gasteiger charge is -2.37. The molecule has 22 heavy (non-hydrogen) atoms. The minimum Gasteiger partial charge on any atom is -0.427 e. The van der Waals surface area contributed by atoms with Crippen molar-refractivity contribution in [2.24, 2.45) is 0 Å². The Hall–Kier alpha value is -1.78. The molecule has 0 atom stereocenters. The fourth-order valence-corrected chi connectivity index (χ4v) is 2.35. The molecule has 2 N–H and O–H groups in total. The molecule has 1 heterocycles. The molecule has 4 heteroatoms. The summed E-state index contributed by atoms with van der Waals surface area (Å²) >= 11 is 0. The maximum Gasteiger partial charge on any atom is 0.333 e. The van der Waals surface area contributed by atoms with Gasteiger partial charge in [-0.2, -0.15) is 0 Å². The summed E-state index contributed by atoms with van der Waals surface area (Å²) in [5, 5.41) is 12.6. The molecule has 0 aliphatic rings. The number of rotatable bonds is 4. The highest BCUT2D eigenvalue weighted by molar-refractivity contribution is 6.51. The maximum atomic E-state index is 10.2. The van der Waals surface area contributed by atoms with E-state index in [1.165, 1.54) is 10.8 Å². The summed E-state index contributed by atoms with van der Waals surface area (Å²) in [7, 11) is 1.73. The fourth-order valence-electron chi connectivity index (χ4n) is 2.35. The van der Waals surface area contributed by atoms with Gasteiger partial charge in [-0.15, -0.1) is 0 Å². The monoisotopic (exact) mass is 294 g/mol. The van der Waals surface area contributed by atoms with Crippen LogP contribution < -0.4 is 5.46 Å². The second-order valence-electron chi connectivity index (χ2n) is 6.75. The van der Waals surface area contributed by atoms with Gasteiger partial charge in [-0.3, -0.25) is 0 Å². The number of fused-ring (bicyclic) bond motifs is 3. The van der Waals surface area contributed by atoms with Crippen molar-refractivity contribution in [3.05, 3.63) is 42.5 Å². The lowest BCUT2D eigenvalue weighted by molar-refractivity contribution is -0.0893. The molecule has 0 saturated heterocycles. The lowest BCUT2D eigenvalue weighted by atomic mass is 9.82. The Morgan fingerprint density at radius 1 is 0.955 bits per heavy atom. The number of H-pyrrole nitrogens is 1. The van der Waals surface area contributed by atoms with Crippen LogP contribution in [0.2, 0.25) is 0 Å². The number of aromatic nitrogens is 1. The van der Waals surface area contributed by atoms with Gasteiger partial charge in [0.1, 0.15) is 0 Å². The average Bonchev–Trinajstić information content (AvgIpc) is 2.83. The molecule has 1 radical (unpaired) electrons. The Kier molecular flexibility index (Phi) is 3.54. The first-order valence-electron chi connectivity index (χ1n) is 7.52. The molecule has 0 unspecified atom stereocenters. The number of aliphatic hydroxyl groups is 1. The molecule has 0 saturated carbocycles. The van der Waals surface area contributed by atoms with E-state index >= 15 is 0 Å². The number of para-hydroxylation sites is 2. The Bertz CT molecular complexity index is 815. The van der Waals surface area contributed by atoms with Crippen LogP contribution in [0, 0.1) is 0 Å². The van der Waals surface area contributed by atoms with Gasteiger partial charge in [0.2, 0.25) is 0 Å². The predicted octanol–water partition coefficient (Wildman–Crippen LogP) is 3.13. The van der Waals surface area contributed by atoms with Gasteiger partial charge in [0.05, 0.1) is 11.2 Å². The van der Waals surface area contributed by atoms with Crippen molar-refractivity contribution in [3.8, 4) is 0 Å². The highest BCUT2D eigenvalue weighted by Crippen LogP contribution is 2.26. The van der Waals surface area contributed by atoms with Gasteiger partial charge < -0.3 is 14.7 Å². The first-order chi connectivity index (χ1) is 10.3. The van der Waals surface area contributed by atoms with Crippen molar-refractivity contribution in [2.45, 2.75) is 38.9 Å². The Morgan fingerprint density at radius 3 is 2.36 bits per heavy atom. The van der Waals surface area contributed by atoms with Crippen LogP contribution in [0.15, 0.2) is 42.5 Å². The molecule has 3 rings (SSSR count). The van der Waals surface area contributed by atoms with Crippen LogP contribution in [0.4, 0.5) is 0 Å². The van der Waals surface area contributed by atoms with Crippen molar-refractivity contribution in [1.29, 1.82) is 0 Å². The van der Waals surface area contributed by atoms with Gasteiger partial charge >= 0.3 is 7.48 Å². The molecule has 113 valence electrons. The minimum absolute atomic E-state index is 0.679. The van der Waals surface area contributed by atoms with E-state index in [-0.39, 0.29) is 0 Å². The molecule has 0 amide bonds. The minimum atomic E-state index is -0.933. The summed E-state index contributed by atoms with van der Waals surface area (Å²) in [5.74, 6) is 0. The fraction of sp³-hybridized carbons (Fsp3) is 0.333. The van der Waals surface area contributed by atoms with Crippen LogP contribution in [0.5, 0.6) is 0 Å². The summed E-state index contributed by atoms with van der Waals surface area (Å²) in [4.78, 5) is 3.45. The van der Waals surface area contributed by atoms with Crippen LogP contribution in [-0.4, -0.2) is 28.8 Å². The summed E-state index contributed by atoms with van der Waals surface area (Å²) in [5.41, 5.74) is 1.53. The third kappa shape index (κ3) is 2.53. The standard InChI is InChI=1S/C18H21BNO2/c1-17(2,21)18(3,4)22-19-14-10-7-9-13-12-8-5-6-11-15(12)20-16(13)14/h5-11,20-21H,1-4H3.